The normalized spacial score (nSPS) is 16.6. The van der Waals surface area contributed by atoms with Crippen LogP contribution in [-0.2, 0) is 4.79 Å². The molecule has 0 unspecified atom stereocenters. The van der Waals surface area contributed by atoms with Crippen LogP contribution >= 0.6 is 0 Å². The Kier molecular flexibility index (Phi) is 3.98. The Hall–Kier alpha value is -1.55. The van der Waals surface area contributed by atoms with Crippen molar-refractivity contribution < 1.29 is 9.53 Å². The van der Waals surface area contributed by atoms with Crippen LogP contribution in [0.1, 0.15) is 5.56 Å². The lowest BCUT2D eigenvalue weighted by atomic mass is 10.2. The van der Waals surface area contributed by atoms with Gasteiger partial charge >= 0.3 is 0 Å². The van der Waals surface area contributed by atoms with Gasteiger partial charge in [0, 0.05) is 19.6 Å². The molecule has 1 heterocycles. The summed E-state index contributed by atoms with van der Waals surface area (Å²) in [5, 5.41) is 2.80. The first kappa shape index (κ1) is 11.9. The maximum Gasteiger partial charge on any atom is 0.234 e. The van der Waals surface area contributed by atoms with Gasteiger partial charge in [-0.05, 0) is 19.1 Å². The topological polar surface area (TPSA) is 41.6 Å². The molecule has 1 aromatic carbocycles. The number of aryl methyl sites for hydroxylation is 1. The van der Waals surface area contributed by atoms with Crippen LogP contribution in [0.15, 0.2) is 24.3 Å². The maximum atomic E-state index is 11.2. The quantitative estimate of drug-likeness (QED) is 0.838. The number of hydrogen-bond donors (Lipinski definition) is 1. The minimum atomic E-state index is 0.103. The van der Waals surface area contributed by atoms with E-state index in [-0.39, 0.29) is 5.91 Å². The van der Waals surface area contributed by atoms with E-state index in [0.29, 0.717) is 13.2 Å². The van der Waals surface area contributed by atoms with E-state index in [1.807, 2.05) is 24.3 Å². The average Bonchev–Trinajstić information content (AvgIpc) is 2.32. The van der Waals surface area contributed by atoms with Crippen molar-refractivity contribution in [3.63, 3.8) is 0 Å². The second-order valence-electron chi connectivity index (χ2n) is 4.29. The van der Waals surface area contributed by atoms with Crippen LogP contribution < -0.4 is 10.1 Å². The third-order valence-corrected chi connectivity index (χ3v) is 2.81. The summed E-state index contributed by atoms with van der Waals surface area (Å²) in [7, 11) is 0. The van der Waals surface area contributed by atoms with Crippen LogP contribution in [0, 0.1) is 6.92 Å². The van der Waals surface area contributed by atoms with E-state index in [1.165, 1.54) is 5.56 Å². The van der Waals surface area contributed by atoms with Gasteiger partial charge in [0.15, 0.2) is 0 Å². The van der Waals surface area contributed by atoms with Crippen molar-refractivity contribution in [3.8, 4) is 5.75 Å². The Morgan fingerprint density at radius 2 is 2.12 bits per heavy atom. The highest BCUT2D eigenvalue weighted by molar-refractivity contribution is 5.78. The third kappa shape index (κ3) is 3.75. The minimum absolute atomic E-state index is 0.103. The SMILES string of the molecule is Cc1ccc(OCCN2CCNC(=O)C2)cc1. The summed E-state index contributed by atoms with van der Waals surface area (Å²) < 4.78 is 5.63. The lowest BCUT2D eigenvalue weighted by molar-refractivity contribution is -0.124. The molecular formula is C13H18N2O2. The van der Waals surface area contributed by atoms with Gasteiger partial charge in [-0.15, -0.1) is 0 Å². The lowest BCUT2D eigenvalue weighted by Crippen LogP contribution is -2.48. The van der Waals surface area contributed by atoms with Crippen molar-refractivity contribution in [2.45, 2.75) is 6.92 Å². The van der Waals surface area contributed by atoms with Crippen molar-refractivity contribution >= 4 is 5.91 Å². The first-order valence-electron chi connectivity index (χ1n) is 5.92. The Labute approximate surface area is 102 Å². The van der Waals surface area contributed by atoms with Gasteiger partial charge < -0.3 is 10.1 Å². The predicted molar refractivity (Wildman–Crippen MR) is 66.1 cm³/mol. The summed E-state index contributed by atoms with van der Waals surface area (Å²) >= 11 is 0. The molecule has 0 bridgehead atoms. The van der Waals surface area contributed by atoms with Gasteiger partial charge in [-0.3, -0.25) is 9.69 Å². The fourth-order valence-electron chi connectivity index (χ4n) is 1.81. The molecule has 1 aromatic rings. The van der Waals surface area contributed by atoms with E-state index in [9.17, 15) is 4.79 Å². The highest BCUT2D eigenvalue weighted by Crippen LogP contribution is 2.11. The summed E-state index contributed by atoms with van der Waals surface area (Å²) in [5.41, 5.74) is 1.23. The molecule has 0 aromatic heterocycles. The van der Waals surface area contributed by atoms with E-state index in [1.54, 1.807) is 0 Å². The Morgan fingerprint density at radius 3 is 2.82 bits per heavy atom. The van der Waals surface area contributed by atoms with Gasteiger partial charge in [0.1, 0.15) is 12.4 Å². The fourth-order valence-corrected chi connectivity index (χ4v) is 1.81. The number of hydrogen-bond acceptors (Lipinski definition) is 3. The molecule has 1 amide bonds. The second-order valence-corrected chi connectivity index (χ2v) is 4.29. The zero-order valence-corrected chi connectivity index (χ0v) is 10.1. The molecular weight excluding hydrogens is 216 g/mol. The number of amides is 1. The number of carbonyl (C=O) groups is 1. The van der Waals surface area contributed by atoms with Crippen LogP contribution in [0.3, 0.4) is 0 Å². The van der Waals surface area contributed by atoms with Gasteiger partial charge in [-0.2, -0.15) is 0 Å². The highest BCUT2D eigenvalue weighted by atomic mass is 16.5. The zero-order valence-electron chi connectivity index (χ0n) is 10.1. The standard InChI is InChI=1S/C13H18N2O2/c1-11-2-4-12(5-3-11)17-9-8-15-7-6-14-13(16)10-15/h2-5H,6-10H2,1H3,(H,14,16). The molecule has 2 rings (SSSR count). The van der Waals surface area contributed by atoms with Gasteiger partial charge in [0.25, 0.3) is 0 Å². The Morgan fingerprint density at radius 1 is 1.35 bits per heavy atom. The summed E-state index contributed by atoms with van der Waals surface area (Å²) in [6.07, 6.45) is 0. The number of nitrogens with zero attached hydrogens (tertiary/aromatic N) is 1. The number of nitrogens with one attached hydrogen (secondary N) is 1. The van der Waals surface area contributed by atoms with Crippen molar-refractivity contribution in [2.75, 3.05) is 32.8 Å². The highest BCUT2D eigenvalue weighted by Gasteiger charge is 2.15. The van der Waals surface area contributed by atoms with Crippen molar-refractivity contribution in [1.82, 2.24) is 10.2 Å². The summed E-state index contributed by atoms with van der Waals surface area (Å²) in [6, 6.07) is 8.00. The van der Waals surface area contributed by atoms with E-state index >= 15 is 0 Å². The molecule has 0 radical (unpaired) electrons. The third-order valence-electron chi connectivity index (χ3n) is 2.81. The molecule has 17 heavy (non-hydrogen) atoms. The van der Waals surface area contributed by atoms with Crippen LogP contribution in [0.4, 0.5) is 0 Å². The fraction of sp³-hybridized carbons (Fsp3) is 0.462. The molecule has 92 valence electrons. The number of benzene rings is 1. The molecule has 0 saturated carbocycles. The minimum Gasteiger partial charge on any atom is -0.492 e. The van der Waals surface area contributed by atoms with Crippen molar-refractivity contribution in [3.05, 3.63) is 29.8 Å². The molecule has 0 aliphatic carbocycles. The Bertz CT molecular complexity index is 376. The maximum absolute atomic E-state index is 11.2. The van der Waals surface area contributed by atoms with Crippen molar-refractivity contribution in [1.29, 1.82) is 0 Å². The predicted octanol–water partition coefficient (Wildman–Crippen LogP) is 0.806. The van der Waals surface area contributed by atoms with Gasteiger partial charge in [0.05, 0.1) is 6.54 Å². The van der Waals surface area contributed by atoms with E-state index < -0.39 is 0 Å². The second kappa shape index (κ2) is 5.68. The van der Waals surface area contributed by atoms with Gasteiger partial charge in [0.2, 0.25) is 5.91 Å². The van der Waals surface area contributed by atoms with E-state index in [0.717, 1.165) is 25.4 Å². The first-order chi connectivity index (χ1) is 8.24. The van der Waals surface area contributed by atoms with Gasteiger partial charge in [-0.25, -0.2) is 0 Å². The van der Waals surface area contributed by atoms with Crippen LogP contribution in [0.5, 0.6) is 5.75 Å². The van der Waals surface area contributed by atoms with Crippen LogP contribution in [0.25, 0.3) is 0 Å². The summed E-state index contributed by atoms with van der Waals surface area (Å²) in [6.45, 7) is 5.59. The molecule has 1 aliphatic rings. The first-order valence-corrected chi connectivity index (χ1v) is 5.92. The molecule has 4 heteroatoms. The van der Waals surface area contributed by atoms with Crippen LogP contribution in [-0.4, -0.2) is 43.6 Å². The summed E-state index contributed by atoms with van der Waals surface area (Å²) in [4.78, 5) is 13.3. The monoisotopic (exact) mass is 234 g/mol. The van der Waals surface area contributed by atoms with E-state index in [4.69, 9.17) is 4.74 Å². The lowest BCUT2D eigenvalue weighted by Gasteiger charge is -2.26. The largest absolute Gasteiger partial charge is 0.492 e. The molecule has 0 atom stereocenters. The van der Waals surface area contributed by atoms with Crippen molar-refractivity contribution in [2.24, 2.45) is 0 Å². The average molecular weight is 234 g/mol. The number of ether oxygens (including phenoxy) is 1. The smallest absolute Gasteiger partial charge is 0.234 e. The van der Waals surface area contributed by atoms with Crippen LogP contribution in [0.2, 0.25) is 0 Å². The Balaban J connectivity index is 1.72. The molecule has 4 nitrogen and oxygen atoms in total. The number of rotatable bonds is 4. The molecule has 0 spiro atoms. The molecule has 1 saturated heterocycles. The molecule has 1 N–H and O–H groups in total. The molecule has 1 fully saturated rings. The zero-order chi connectivity index (χ0) is 12.1. The van der Waals surface area contributed by atoms with E-state index in [2.05, 4.69) is 17.1 Å². The summed E-state index contributed by atoms with van der Waals surface area (Å²) in [5.74, 6) is 0.989. The number of piperazine rings is 1. The number of carbonyl (C=O) groups excluding carboxylic acids is 1. The molecule has 1 aliphatic heterocycles. The van der Waals surface area contributed by atoms with Gasteiger partial charge in [-0.1, -0.05) is 17.7 Å².